The fraction of sp³-hybridized carbons (Fsp3) is 0.200. The highest BCUT2D eigenvalue weighted by Crippen LogP contribution is 2.38. The van der Waals surface area contributed by atoms with Gasteiger partial charge in [-0.15, -0.1) is 0 Å². The number of halogens is 1. The zero-order valence-corrected chi connectivity index (χ0v) is 18.4. The molecule has 0 unspecified atom stereocenters. The minimum Gasteiger partial charge on any atom is -0.733 e. The summed E-state index contributed by atoms with van der Waals surface area (Å²) in [4.78, 5) is 15.0. The van der Waals surface area contributed by atoms with E-state index in [1.165, 1.54) is 12.1 Å². The fourth-order valence-electron chi connectivity index (χ4n) is 4.33. The van der Waals surface area contributed by atoms with Crippen LogP contribution in [-0.4, -0.2) is 32.3 Å². The molecule has 2 aliphatic rings. The van der Waals surface area contributed by atoms with Gasteiger partial charge in [0.1, 0.15) is 5.76 Å². The van der Waals surface area contributed by atoms with Crippen LogP contribution >= 0.6 is 0 Å². The number of nitrogens with zero attached hydrogens (tertiary/aromatic N) is 4. The van der Waals surface area contributed by atoms with Crippen LogP contribution in [0.4, 0.5) is 10.1 Å². The second-order valence-corrected chi connectivity index (χ2v) is 8.31. The first-order valence-corrected chi connectivity index (χ1v) is 10.8. The summed E-state index contributed by atoms with van der Waals surface area (Å²) >= 11 is 0. The summed E-state index contributed by atoms with van der Waals surface area (Å²) in [6.45, 7) is 0.874. The Morgan fingerprint density at radius 2 is 2.00 bits per heavy atom. The number of allylic oxidation sites excluding steroid dienone is 1. The fourth-order valence-corrected chi connectivity index (χ4v) is 4.33. The average Bonchev–Trinajstić information content (AvgIpc) is 3.39. The minimum absolute atomic E-state index is 0.203. The molecule has 3 aromatic rings. The number of benzene rings is 2. The predicted molar refractivity (Wildman–Crippen MR) is 123 cm³/mol. The van der Waals surface area contributed by atoms with Crippen molar-refractivity contribution in [2.24, 2.45) is 7.05 Å². The van der Waals surface area contributed by atoms with Crippen molar-refractivity contribution in [3.05, 3.63) is 94.4 Å². The summed E-state index contributed by atoms with van der Waals surface area (Å²) in [6.07, 6.45) is 6.77. The molecule has 34 heavy (non-hydrogen) atoms. The number of aromatic nitrogens is 2. The van der Waals surface area contributed by atoms with E-state index < -0.39 is 16.8 Å². The van der Waals surface area contributed by atoms with Gasteiger partial charge < -0.3 is 20.1 Å². The Hall–Kier alpha value is -3.95. The predicted octanol–water partition coefficient (Wildman–Crippen LogP) is 4.32. The maximum absolute atomic E-state index is 14.4. The second kappa shape index (κ2) is 8.77. The topological polar surface area (TPSA) is 93.9 Å². The number of hydrogen-bond acceptors (Lipinski definition) is 6. The second-order valence-electron chi connectivity index (χ2n) is 8.31. The number of carbonyl (C=O) groups is 1. The number of rotatable bonds is 6. The highest BCUT2D eigenvalue weighted by atomic mass is 19.1. The number of carbonyl (C=O) groups excluding carboxylic acids is 1. The molecule has 2 heterocycles. The molecule has 0 radical (unpaired) electrons. The molecule has 1 aromatic heterocycles. The zero-order valence-electron chi connectivity index (χ0n) is 18.4. The van der Waals surface area contributed by atoms with Crippen LogP contribution in [0.3, 0.4) is 0 Å². The molecular formula is C25H22FN4O4-. The van der Waals surface area contributed by atoms with Crippen LogP contribution in [0.25, 0.3) is 11.1 Å². The molecule has 0 atom stereocenters. The summed E-state index contributed by atoms with van der Waals surface area (Å²) in [5.41, 5.74) is 3.97. The van der Waals surface area contributed by atoms with Crippen molar-refractivity contribution >= 4 is 11.6 Å². The third kappa shape index (κ3) is 4.07. The van der Waals surface area contributed by atoms with Crippen molar-refractivity contribution in [2.75, 3.05) is 11.8 Å². The van der Waals surface area contributed by atoms with Gasteiger partial charge in [0, 0.05) is 31.9 Å². The summed E-state index contributed by atoms with van der Waals surface area (Å²) in [5, 5.41) is 24.5. The van der Waals surface area contributed by atoms with Crippen molar-refractivity contribution in [3.8, 4) is 16.9 Å². The molecule has 9 heteroatoms. The molecule has 174 valence electrons. The largest absolute Gasteiger partial charge is 0.733 e. The summed E-state index contributed by atoms with van der Waals surface area (Å²) in [5.74, 6) is -1.23. The molecule has 5 rings (SSSR count). The molecule has 0 saturated carbocycles. The Labute approximate surface area is 195 Å². The van der Waals surface area contributed by atoms with E-state index in [0.717, 1.165) is 28.3 Å². The van der Waals surface area contributed by atoms with E-state index in [1.807, 2.05) is 37.5 Å². The molecule has 1 aliphatic carbocycles. The van der Waals surface area contributed by atoms with Gasteiger partial charge in [-0.2, -0.15) is 5.10 Å². The van der Waals surface area contributed by atoms with Gasteiger partial charge in [-0.25, -0.2) is 4.39 Å². The van der Waals surface area contributed by atoms with Gasteiger partial charge in [-0.05, 0) is 47.8 Å². The molecule has 0 saturated heterocycles. The van der Waals surface area contributed by atoms with Crippen molar-refractivity contribution in [1.82, 2.24) is 14.7 Å². The number of hydrogen-bond donors (Lipinski definition) is 1. The van der Waals surface area contributed by atoms with Crippen LogP contribution in [0.15, 0.2) is 77.8 Å². The molecule has 0 spiro atoms. The molecule has 8 nitrogen and oxygen atoms in total. The molecule has 1 aliphatic heterocycles. The van der Waals surface area contributed by atoms with E-state index in [1.54, 1.807) is 21.9 Å². The normalized spacial score (nSPS) is 15.5. The molecule has 1 N–H and O–H groups in total. The lowest BCUT2D eigenvalue weighted by Gasteiger charge is -2.25. The quantitative estimate of drug-likeness (QED) is 0.550. The van der Waals surface area contributed by atoms with Gasteiger partial charge in [0.15, 0.2) is 11.6 Å². The van der Waals surface area contributed by atoms with Gasteiger partial charge in [0.05, 0.1) is 17.5 Å². The van der Waals surface area contributed by atoms with Crippen LogP contribution < -0.4 is 9.96 Å². The maximum Gasteiger partial charge on any atom is 0.258 e. The first kappa shape index (κ1) is 21.9. The molecule has 1 amide bonds. The minimum atomic E-state index is -0.808. The van der Waals surface area contributed by atoms with Crippen LogP contribution in [0, 0.1) is 11.0 Å². The van der Waals surface area contributed by atoms with E-state index in [-0.39, 0.29) is 17.4 Å². The standard InChI is InChI=1S/C25H22FN4O4/c1-28-14-19(12-27-28)17-10-8-16(9-11-17)13-29-15-18-4-2-7-22(23(18)25(29)31)34-24-20(26)5-3-6-21(24)30(32)33/h3,5-12,14,32H,2,4,13,15H2,1H3/q-1. The SMILES string of the molecule is Cn1cc(-c2ccc(CN3CC4=C(C3=O)C(Oc3c(F)cccc3N([O-])O)=CCC4)cc2)cn1. The first-order chi connectivity index (χ1) is 16.4. The zero-order chi connectivity index (χ0) is 23.8. The van der Waals surface area contributed by atoms with Gasteiger partial charge in [0.25, 0.3) is 5.91 Å². The van der Waals surface area contributed by atoms with Crippen molar-refractivity contribution < 1.29 is 19.1 Å². The van der Waals surface area contributed by atoms with E-state index in [9.17, 15) is 19.6 Å². The van der Waals surface area contributed by atoms with E-state index >= 15 is 0 Å². The Morgan fingerprint density at radius 1 is 1.21 bits per heavy atom. The lowest BCUT2D eigenvalue weighted by Crippen LogP contribution is -2.27. The number of para-hydroxylation sites is 1. The molecular weight excluding hydrogens is 439 g/mol. The lowest BCUT2D eigenvalue weighted by atomic mass is 9.98. The first-order valence-electron chi connectivity index (χ1n) is 10.8. The van der Waals surface area contributed by atoms with Crippen molar-refractivity contribution in [3.63, 3.8) is 0 Å². The number of anilines is 1. The number of amides is 1. The van der Waals surface area contributed by atoms with E-state index in [0.29, 0.717) is 31.5 Å². The van der Waals surface area contributed by atoms with Crippen LogP contribution in [0.2, 0.25) is 0 Å². The van der Waals surface area contributed by atoms with E-state index in [2.05, 4.69) is 5.10 Å². The smallest absolute Gasteiger partial charge is 0.258 e. The van der Waals surface area contributed by atoms with Gasteiger partial charge in [-0.3, -0.25) is 14.7 Å². The average molecular weight is 461 g/mol. The summed E-state index contributed by atoms with van der Waals surface area (Å²) in [6, 6.07) is 11.6. The lowest BCUT2D eigenvalue weighted by molar-refractivity contribution is -0.125. The maximum atomic E-state index is 14.4. The molecule has 2 aromatic carbocycles. The third-order valence-corrected chi connectivity index (χ3v) is 5.99. The molecule has 0 fully saturated rings. The van der Waals surface area contributed by atoms with Crippen molar-refractivity contribution in [2.45, 2.75) is 19.4 Å². The van der Waals surface area contributed by atoms with Gasteiger partial charge >= 0.3 is 0 Å². The Kier molecular flexibility index (Phi) is 5.64. The summed E-state index contributed by atoms with van der Waals surface area (Å²) < 4.78 is 21.8. The Morgan fingerprint density at radius 3 is 2.71 bits per heavy atom. The van der Waals surface area contributed by atoms with Crippen LogP contribution in [0.5, 0.6) is 5.75 Å². The van der Waals surface area contributed by atoms with Crippen molar-refractivity contribution in [1.29, 1.82) is 0 Å². The van der Waals surface area contributed by atoms with Gasteiger partial charge in [-0.1, -0.05) is 30.3 Å². The summed E-state index contributed by atoms with van der Waals surface area (Å²) in [7, 11) is 1.87. The van der Waals surface area contributed by atoms with Crippen LogP contribution in [0.1, 0.15) is 18.4 Å². The molecule has 0 bridgehead atoms. The Bertz CT molecular complexity index is 1310. The highest BCUT2D eigenvalue weighted by molar-refractivity contribution is 6.01. The number of aryl methyl sites for hydroxylation is 1. The highest BCUT2D eigenvalue weighted by Gasteiger charge is 2.35. The Balaban J connectivity index is 1.33. The van der Waals surface area contributed by atoms with Crippen LogP contribution in [-0.2, 0) is 18.4 Å². The van der Waals surface area contributed by atoms with Gasteiger partial charge in [0.2, 0.25) is 0 Å². The third-order valence-electron chi connectivity index (χ3n) is 5.99. The number of ether oxygens (including phenoxy) is 1. The van der Waals surface area contributed by atoms with E-state index in [4.69, 9.17) is 4.74 Å². The monoisotopic (exact) mass is 461 g/mol.